The van der Waals surface area contributed by atoms with E-state index in [1.807, 2.05) is 6.92 Å². The Morgan fingerprint density at radius 2 is 2.24 bits per heavy atom. The summed E-state index contributed by atoms with van der Waals surface area (Å²) in [7, 11) is 1.72. The summed E-state index contributed by atoms with van der Waals surface area (Å²) in [6, 6.07) is 5.04. The lowest BCUT2D eigenvalue weighted by Gasteiger charge is -2.16. The number of nitrogens with two attached hydrogens (primary N) is 1. The summed E-state index contributed by atoms with van der Waals surface area (Å²) in [6.45, 7) is 6.52. The molecule has 2 N–H and O–H groups in total. The van der Waals surface area contributed by atoms with Crippen LogP contribution in [-0.4, -0.2) is 31.0 Å². The second-order valence-electron chi connectivity index (χ2n) is 3.70. The molecular weight excluding hydrogens is 216 g/mol. The molecule has 1 aromatic carbocycles. The van der Waals surface area contributed by atoms with E-state index in [0.717, 1.165) is 0 Å². The van der Waals surface area contributed by atoms with Crippen molar-refractivity contribution in [2.45, 2.75) is 6.92 Å². The van der Waals surface area contributed by atoms with E-state index in [4.69, 9.17) is 10.5 Å². The van der Waals surface area contributed by atoms with Crippen LogP contribution in [0.4, 0.5) is 5.69 Å². The molecule has 1 rings (SSSR count). The van der Waals surface area contributed by atoms with Crippen LogP contribution in [0, 0.1) is 0 Å². The van der Waals surface area contributed by atoms with E-state index in [0.29, 0.717) is 30.2 Å². The number of nitrogens with zero attached hydrogens (tertiary/aromatic N) is 1. The normalized spacial score (nSPS) is 9.76. The molecule has 0 spiro atoms. The van der Waals surface area contributed by atoms with E-state index in [2.05, 4.69) is 6.58 Å². The molecule has 0 aliphatic rings. The first-order chi connectivity index (χ1) is 8.08. The first-order valence-electron chi connectivity index (χ1n) is 5.48. The fraction of sp³-hybridized carbons (Fsp3) is 0.308. The molecule has 0 fully saturated rings. The van der Waals surface area contributed by atoms with Crippen LogP contribution in [-0.2, 0) is 0 Å². The predicted octanol–water partition coefficient (Wildman–Crippen LogP) is 1.93. The van der Waals surface area contributed by atoms with Crippen LogP contribution < -0.4 is 10.5 Å². The molecule has 4 nitrogen and oxygen atoms in total. The zero-order chi connectivity index (χ0) is 12.8. The minimum absolute atomic E-state index is 0.0989. The number of rotatable bonds is 5. The molecule has 0 aromatic heterocycles. The summed E-state index contributed by atoms with van der Waals surface area (Å²) in [5.41, 5.74) is 6.78. The third kappa shape index (κ3) is 3.52. The number of nitrogen functional groups attached to an aromatic ring is 1. The van der Waals surface area contributed by atoms with Crippen molar-refractivity contribution >= 4 is 11.6 Å². The van der Waals surface area contributed by atoms with Gasteiger partial charge in [-0.3, -0.25) is 4.79 Å². The van der Waals surface area contributed by atoms with Gasteiger partial charge in [-0.2, -0.15) is 0 Å². The quantitative estimate of drug-likeness (QED) is 0.625. The van der Waals surface area contributed by atoms with Crippen LogP contribution in [0.5, 0.6) is 5.75 Å². The number of likely N-dealkylation sites (N-methyl/N-ethyl adjacent to an activating group) is 1. The van der Waals surface area contributed by atoms with Crippen LogP contribution in [0.1, 0.15) is 17.3 Å². The molecule has 0 heterocycles. The molecule has 0 aliphatic carbocycles. The predicted molar refractivity (Wildman–Crippen MR) is 69.2 cm³/mol. The van der Waals surface area contributed by atoms with Crippen molar-refractivity contribution in [2.24, 2.45) is 0 Å². The Labute approximate surface area is 102 Å². The summed E-state index contributed by atoms with van der Waals surface area (Å²) in [4.78, 5) is 13.6. The van der Waals surface area contributed by atoms with Gasteiger partial charge >= 0.3 is 0 Å². The maximum absolute atomic E-state index is 12.0. The molecule has 0 saturated carbocycles. The fourth-order valence-electron chi connectivity index (χ4n) is 1.49. The van der Waals surface area contributed by atoms with E-state index in [-0.39, 0.29) is 5.91 Å². The van der Waals surface area contributed by atoms with Gasteiger partial charge in [0.1, 0.15) is 5.75 Å². The van der Waals surface area contributed by atoms with Crippen LogP contribution in [0.2, 0.25) is 0 Å². The Bertz CT molecular complexity index is 416. The molecule has 17 heavy (non-hydrogen) atoms. The van der Waals surface area contributed by atoms with Gasteiger partial charge in [0.05, 0.1) is 6.61 Å². The zero-order valence-corrected chi connectivity index (χ0v) is 10.3. The van der Waals surface area contributed by atoms with Gasteiger partial charge in [-0.1, -0.05) is 6.08 Å². The molecule has 0 atom stereocenters. The summed E-state index contributed by atoms with van der Waals surface area (Å²) >= 11 is 0. The second kappa shape index (κ2) is 5.94. The monoisotopic (exact) mass is 234 g/mol. The molecule has 1 aromatic rings. The van der Waals surface area contributed by atoms with Gasteiger partial charge in [-0.15, -0.1) is 6.58 Å². The Morgan fingerprint density at radius 3 is 2.82 bits per heavy atom. The molecule has 0 unspecified atom stereocenters. The third-order valence-electron chi connectivity index (χ3n) is 2.24. The molecule has 1 amide bonds. The van der Waals surface area contributed by atoms with Gasteiger partial charge in [0.15, 0.2) is 0 Å². The van der Waals surface area contributed by atoms with Crippen molar-refractivity contribution in [3.8, 4) is 5.75 Å². The number of benzene rings is 1. The number of anilines is 1. The summed E-state index contributed by atoms with van der Waals surface area (Å²) < 4.78 is 5.35. The van der Waals surface area contributed by atoms with E-state index in [9.17, 15) is 4.79 Å². The highest BCUT2D eigenvalue weighted by Gasteiger charge is 2.12. The van der Waals surface area contributed by atoms with Gasteiger partial charge < -0.3 is 15.4 Å². The second-order valence-corrected chi connectivity index (χ2v) is 3.70. The standard InChI is InChI=1S/C13H18N2O2/c1-4-6-15(3)13(16)10-7-11(14)9-12(8-10)17-5-2/h4,7-9H,1,5-6,14H2,2-3H3. The highest BCUT2D eigenvalue weighted by Crippen LogP contribution is 2.19. The first kappa shape index (κ1) is 13.1. The van der Waals surface area contributed by atoms with E-state index >= 15 is 0 Å². The van der Waals surface area contributed by atoms with Crippen molar-refractivity contribution in [1.29, 1.82) is 0 Å². The fourth-order valence-corrected chi connectivity index (χ4v) is 1.49. The van der Waals surface area contributed by atoms with Crippen LogP contribution in [0.15, 0.2) is 30.9 Å². The molecular formula is C13H18N2O2. The lowest BCUT2D eigenvalue weighted by molar-refractivity contribution is 0.0810. The summed E-state index contributed by atoms with van der Waals surface area (Å²) in [5.74, 6) is 0.515. The van der Waals surface area contributed by atoms with Crippen molar-refractivity contribution < 1.29 is 9.53 Å². The Morgan fingerprint density at radius 1 is 1.53 bits per heavy atom. The smallest absolute Gasteiger partial charge is 0.254 e. The number of carbonyl (C=O) groups is 1. The number of ether oxygens (including phenoxy) is 1. The number of carbonyl (C=O) groups excluding carboxylic acids is 1. The number of hydrogen-bond donors (Lipinski definition) is 1. The molecule has 0 saturated heterocycles. The van der Waals surface area contributed by atoms with Crippen LogP contribution in [0.25, 0.3) is 0 Å². The highest BCUT2D eigenvalue weighted by molar-refractivity contribution is 5.95. The average molecular weight is 234 g/mol. The van der Waals surface area contributed by atoms with Crippen LogP contribution >= 0.6 is 0 Å². The largest absolute Gasteiger partial charge is 0.494 e. The lowest BCUT2D eigenvalue weighted by Crippen LogP contribution is -2.26. The summed E-state index contributed by atoms with van der Waals surface area (Å²) in [5, 5.41) is 0. The Kier molecular flexibility index (Phi) is 4.57. The molecule has 0 bridgehead atoms. The van der Waals surface area contributed by atoms with Gasteiger partial charge in [-0.05, 0) is 19.1 Å². The van der Waals surface area contributed by atoms with E-state index in [1.54, 1.807) is 36.2 Å². The maximum atomic E-state index is 12.0. The average Bonchev–Trinajstić information content (AvgIpc) is 2.28. The van der Waals surface area contributed by atoms with Crippen molar-refractivity contribution in [3.05, 3.63) is 36.4 Å². The zero-order valence-electron chi connectivity index (χ0n) is 10.3. The van der Waals surface area contributed by atoms with Crippen molar-refractivity contribution in [2.75, 3.05) is 25.9 Å². The minimum Gasteiger partial charge on any atom is -0.494 e. The first-order valence-corrected chi connectivity index (χ1v) is 5.48. The lowest BCUT2D eigenvalue weighted by atomic mass is 10.1. The van der Waals surface area contributed by atoms with Gasteiger partial charge in [0.2, 0.25) is 0 Å². The molecule has 92 valence electrons. The topological polar surface area (TPSA) is 55.6 Å². The van der Waals surface area contributed by atoms with Gasteiger partial charge in [0.25, 0.3) is 5.91 Å². The van der Waals surface area contributed by atoms with Crippen LogP contribution in [0.3, 0.4) is 0 Å². The minimum atomic E-state index is -0.0989. The third-order valence-corrected chi connectivity index (χ3v) is 2.24. The summed E-state index contributed by atoms with van der Waals surface area (Å²) in [6.07, 6.45) is 1.67. The van der Waals surface area contributed by atoms with Gasteiger partial charge in [0, 0.05) is 30.9 Å². The molecule has 0 aliphatic heterocycles. The van der Waals surface area contributed by atoms with Crippen molar-refractivity contribution in [1.82, 2.24) is 4.90 Å². The maximum Gasteiger partial charge on any atom is 0.254 e. The Hall–Kier alpha value is -1.97. The molecule has 4 heteroatoms. The van der Waals surface area contributed by atoms with E-state index in [1.165, 1.54) is 0 Å². The number of hydrogen-bond acceptors (Lipinski definition) is 3. The SMILES string of the molecule is C=CCN(C)C(=O)c1cc(N)cc(OCC)c1. The Balaban J connectivity index is 2.96. The molecule has 0 radical (unpaired) electrons. The highest BCUT2D eigenvalue weighted by atomic mass is 16.5. The van der Waals surface area contributed by atoms with Crippen molar-refractivity contribution in [3.63, 3.8) is 0 Å². The number of amides is 1. The van der Waals surface area contributed by atoms with E-state index < -0.39 is 0 Å². The van der Waals surface area contributed by atoms with Gasteiger partial charge in [-0.25, -0.2) is 0 Å².